The molecule has 118 valence electrons. The molecule has 1 aliphatic rings. The lowest BCUT2D eigenvalue weighted by Crippen LogP contribution is -2.63. The molecule has 2 nitrogen and oxygen atoms in total. The molecule has 0 spiro atoms. The van der Waals surface area contributed by atoms with Gasteiger partial charge in [0.15, 0.2) is 0 Å². The normalized spacial score (nSPS) is 24.0. The number of nitrogens with one attached hydrogen (secondary N) is 1. The third kappa shape index (κ3) is 2.83. The van der Waals surface area contributed by atoms with Crippen molar-refractivity contribution in [3.8, 4) is 5.75 Å². The van der Waals surface area contributed by atoms with Crippen molar-refractivity contribution < 1.29 is 4.74 Å². The Morgan fingerprint density at radius 2 is 1.95 bits per heavy atom. The van der Waals surface area contributed by atoms with Crippen LogP contribution in [0.4, 0.5) is 0 Å². The zero-order chi connectivity index (χ0) is 15.6. The van der Waals surface area contributed by atoms with Gasteiger partial charge in [-0.3, -0.25) is 0 Å². The highest BCUT2D eigenvalue weighted by atomic mass is 16.5. The van der Waals surface area contributed by atoms with E-state index < -0.39 is 0 Å². The third-order valence-electron chi connectivity index (χ3n) is 5.51. The summed E-state index contributed by atoms with van der Waals surface area (Å²) in [6.07, 6.45) is 3.79. The van der Waals surface area contributed by atoms with E-state index in [1.165, 1.54) is 24.0 Å². The molecule has 2 unspecified atom stereocenters. The molecular weight excluding hydrogens is 258 g/mol. The summed E-state index contributed by atoms with van der Waals surface area (Å²) in [5, 5.41) is 3.48. The van der Waals surface area contributed by atoms with Gasteiger partial charge >= 0.3 is 0 Å². The van der Waals surface area contributed by atoms with Gasteiger partial charge in [0.25, 0.3) is 0 Å². The lowest BCUT2D eigenvalue weighted by Gasteiger charge is -2.55. The quantitative estimate of drug-likeness (QED) is 0.822. The lowest BCUT2D eigenvalue weighted by atomic mass is 9.58. The Morgan fingerprint density at radius 3 is 2.48 bits per heavy atom. The van der Waals surface area contributed by atoms with Gasteiger partial charge in [0, 0.05) is 17.9 Å². The lowest BCUT2D eigenvalue weighted by molar-refractivity contribution is -0.0840. The number of aryl methyl sites for hydroxylation is 1. The molecular formula is C19H31NO. The zero-order valence-corrected chi connectivity index (χ0v) is 14.5. The maximum Gasteiger partial charge on any atom is 0.123 e. The summed E-state index contributed by atoms with van der Waals surface area (Å²) >= 11 is 0. The van der Waals surface area contributed by atoms with Crippen LogP contribution in [0.25, 0.3) is 0 Å². The fraction of sp³-hybridized carbons (Fsp3) is 0.684. The van der Waals surface area contributed by atoms with Gasteiger partial charge in [-0.15, -0.1) is 0 Å². The molecule has 2 heteroatoms. The number of benzene rings is 1. The predicted octanol–water partition coefficient (Wildman–Crippen LogP) is 4.66. The number of hydrogen-bond acceptors (Lipinski definition) is 2. The van der Waals surface area contributed by atoms with Crippen molar-refractivity contribution in [2.24, 2.45) is 5.41 Å². The van der Waals surface area contributed by atoms with E-state index >= 15 is 0 Å². The Balaban J connectivity index is 2.24. The molecule has 0 aromatic heterocycles. The fourth-order valence-electron chi connectivity index (χ4n) is 3.89. The molecule has 1 fully saturated rings. The molecule has 0 heterocycles. The summed E-state index contributed by atoms with van der Waals surface area (Å²) in [5.41, 5.74) is 2.89. The van der Waals surface area contributed by atoms with E-state index in [9.17, 15) is 0 Å². The fourth-order valence-corrected chi connectivity index (χ4v) is 3.89. The molecule has 1 saturated carbocycles. The second kappa shape index (κ2) is 6.39. The first kappa shape index (κ1) is 16.4. The maximum atomic E-state index is 6.51. The number of hydrogen-bond donors (Lipinski definition) is 1. The second-order valence-corrected chi connectivity index (χ2v) is 6.82. The molecule has 1 aromatic carbocycles. The van der Waals surface area contributed by atoms with Crippen molar-refractivity contribution in [3.05, 3.63) is 29.3 Å². The van der Waals surface area contributed by atoms with Gasteiger partial charge in [0.05, 0.1) is 0 Å². The van der Waals surface area contributed by atoms with Crippen LogP contribution < -0.4 is 10.1 Å². The Kier molecular flexibility index (Phi) is 4.98. The Hall–Kier alpha value is -1.02. The van der Waals surface area contributed by atoms with E-state index in [4.69, 9.17) is 4.74 Å². The van der Waals surface area contributed by atoms with Crippen LogP contribution in [0.15, 0.2) is 18.2 Å². The Labute approximate surface area is 130 Å². The number of ether oxygens (including phenoxy) is 1. The summed E-state index contributed by atoms with van der Waals surface area (Å²) in [5.74, 6) is 1.59. The van der Waals surface area contributed by atoms with Crippen molar-refractivity contribution in [1.82, 2.24) is 5.32 Å². The first-order valence-electron chi connectivity index (χ1n) is 8.43. The van der Waals surface area contributed by atoms with Crippen molar-refractivity contribution in [1.29, 1.82) is 0 Å². The highest BCUT2D eigenvalue weighted by Gasteiger charge is 2.53. The van der Waals surface area contributed by atoms with Crippen molar-refractivity contribution in [3.63, 3.8) is 0 Å². The molecule has 0 aliphatic heterocycles. The van der Waals surface area contributed by atoms with E-state index in [0.29, 0.717) is 18.1 Å². The summed E-state index contributed by atoms with van der Waals surface area (Å²) in [4.78, 5) is 0. The molecule has 21 heavy (non-hydrogen) atoms. The largest absolute Gasteiger partial charge is 0.489 e. The highest BCUT2D eigenvalue weighted by Crippen LogP contribution is 2.49. The van der Waals surface area contributed by atoms with Gasteiger partial charge in [0.2, 0.25) is 0 Å². The van der Waals surface area contributed by atoms with Gasteiger partial charge in [-0.1, -0.05) is 39.8 Å². The Morgan fingerprint density at radius 1 is 1.29 bits per heavy atom. The first-order chi connectivity index (χ1) is 9.98. The second-order valence-electron chi connectivity index (χ2n) is 6.82. The summed E-state index contributed by atoms with van der Waals surface area (Å²) in [6.45, 7) is 11.2. The first-order valence-corrected chi connectivity index (χ1v) is 8.43. The number of rotatable bonds is 6. The summed E-state index contributed by atoms with van der Waals surface area (Å²) in [7, 11) is 2.08. The SMILES string of the molecule is CCC1(CC)C(NC)CC1Oc1cc(C)ccc1C(C)C. The van der Waals surface area contributed by atoms with Gasteiger partial charge in [-0.2, -0.15) is 0 Å². The summed E-state index contributed by atoms with van der Waals surface area (Å²) in [6, 6.07) is 7.21. The van der Waals surface area contributed by atoms with E-state index in [1.54, 1.807) is 0 Å². The molecule has 0 radical (unpaired) electrons. The minimum Gasteiger partial charge on any atom is -0.489 e. The molecule has 1 aliphatic carbocycles. The highest BCUT2D eigenvalue weighted by molar-refractivity contribution is 5.39. The van der Waals surface area contributed by atoms with Crippen LogP contribution in [0.2, 0.25) is 0 Å². The van der Waals surface area contributed by atoms with Crippen LogP contribution in [0.3, 0.4) is 0 Å². The minimum atomic E-state index is 0.284. The average Bonchev–Trinajstić information content (AvgIpc) is 2.44. The van der Waals surface area contributed by atoms with Crippen molar-refractivity contribution in [2.45, 2.75) is 71.9 Å². The van der Waals surface area contributed by atoms with E-state index in [-0.39, 0.29) is 5.41 Å². The van der Waals surface area contributed by atoms with E-state index in [1.807, 2.05) is 0 Å². The molecule has 0 bridgehead atoms. The van der Waals surface area contributed by atoms with E-state index in [0.717, 1.165) is 12.2 Å². The van der Waals surface area contributed by atoms with E-state index in [2.05, 4.69) is 65.2 Å². The topological polar surface area (TPSA) is 21.3 Å². The molecule has 1 N–H and O–H groups in total. The molecule has 0 saturated heterocycles. The smallest absolute Gasteiger partial charge is 0.123 e. The zero-order valence-electron chi connectivity index (χ0n) is 14.5. The Bertz CT molecular complexity index is 476. The molecule has 0 amide bonds. The predicted molar refractivity (Wildman–Crippen MR) is 90.2 cm³/mol. The monoisotopic (exact) mass is 289 g/mol. The minimum absolute atomic E-state index is 0.284. The van der Waals surface area contributed by atoms with Crippen LogP contribution in [0.1, 0.15) is 64.0 Å². The van der Waals surface area contributed by atoms with Crippen LogP contribution in [0.5, 0.6) is 5.75 Å². The van der Waals surface area contributed by atoms with Gasteiger partial charge in [0.1, 0.15) is 11.9 Å². The molecule has 1 aromatic rings. The average molecular weight is 289 g/mol. The molecule has 2 rings (SSSR count). The van der Waals surface area contributed by atoms with Crippen molar-refractivity contribution in [2.75, 3.05) is 7.05 Å². The van der Waals surface area contributed by atoms with Crippen LogP contribution in [-0.2, 0) is 0 Å². The standard InChI is InChI=1S/C19H31NO/c1-7-19(8-2)17(20-6)12-18(19)21-16-11-14(5)9-10-15(16)13(3)4/h9-11,13,17-18,20H,7-8,12H2,1-6H3. The van der Waals surface area contributed by atoms with Crippen LogP contribution >= 0.6 is 0 Å². The van der Waals surface area contributed by atoms with Gasteiger partial charge < -0.3 is 10.1 Å². The van der Waals surface area contributed by atoms with Gasteiger partial charge in [-0.05, 0) is 49.9 Å². The van der Waals surface area contributed by atoms with Gasteiger partial charge in [-0.25, -0.2) is 0 Å². The molecule has 2 atom stereocenters. The third-order valence-corrected chi connectivity index (χ3v) is 5.51. The van der Waals surface area contributed by atoms with Crippen LogP contribution in [0, 0.1) is 12.3 Å². The van der Waals surface area contributed by atoms with Crippen molar-refractivity contribution >= 4 is 0 Å². The summed E-state index contributed by atoms with van der Waals surface area (Å²) < 4.78 is 6.51. The van der Waals surface area contributed by atoms with Crippen LogP contribution in [-0.4, -0.2) is 19.2 Å². The maximum absolute atomic E-state index is 6.51.